The van der Waals surface area contributed by atoms with Gasteiger partial charge in [-0.25, -0.2) is 8.78 Å². The average Bonchev–Trinajstić information content (AvgIpc) is 2.38. The smallest absolute Gasteiger partial charge is 0.141 e. The van der Waals surface area contributed by atoms with Crippen molar-refractivity contribution in [2.45, 2.75) is 0 Å². The van der Waals surface area contributed by atoms with Crippen LogP contribution in [0.5, 0.6) is 5.75 Å². The van der Waals surface area contributed by atoms with E-state index in [1.807, 2.05) is 0 Å². The van der Waals surface area contributed by atoms with E-state index in [2.05, 4.69) is 0 Å². The highest BCUT2D eigenvalue weighted by molar-refractivity contribution is 5.75. The lowest BCUT2D eigenvalue weighted by atomic mass is 9.99. The van der Waals surface area contributed by atoms with E-state index in [9.17, 15) is 8.78 Å². The van der Waals surface area contributed by atoms with Crippen molar-refractivity contribution in [2.75, 3.05) is 7.11 Å². The van der Waals surface area contributed by atoms with Crippen LogP contribution in [0.4, 0.5) is 8.78 Å². The molecule has 0 fully saturated rings. The summed E-state index contributed by atoms with van der Waals surface area (Å²) in [6, 6.07) is 9.89. The summed E-state index contributed by atoms with van der Waals surface area (Å²) in [5.41, 5.74) is 0.545. The van der Waals surface area contributed by atoms with Crippen LogP contribution in [-0.4, -0.2) is 7.11 Å². The molecule has 0 spiro atoms. The Labute approximate surface area is 103 Å². The number of hydrogen-bond acceptors (Lipinski definition) is 2. The van der Waals surface area contributed by atoms with Gasteiger partial charge in [-0.3, -0.25) is 0 Å². The molecule has 0 atom stereocenters. The summed E-state index contributed by atoms with van der Waals surface area (Å²) in [4.78, 5) is 0. The van der Waals surface area contributed by atoms with Gasteiger partial charge < -0.3 is 4.74 Å². The quantitative estimate of drug-likeness (QED) is 0.811. The van der Waals surface area contributed by atoms with Crippen LogP contribution >= 0.6 is 0 Å². The van der Waals surface area contributed by atoms with E-state index in [1.165, 1.54) is 37.4 Å². The van der Waals surface area contributed by atoms with Gasteiger partial charge in [-0.15, -0.1) is 0 Å². The second-order valence-electron chi connectivity index (χ2n) is 3.62. The van der Waals surface area contributed by atoms with Gasteiger partial charge in [-0.1, -0.05) is 12.1 Å². The van der Waals surface area contributed by atoms with Crippen molar-refractivity contribution in [3.63, 3.8) is 0 Å². The lowest BCUT2D eigenvalue weighted by Crippen LogP contribution is -1.93. The molecule has 0 N–H and O–H groups in total. The van der Waals surface area contributed by atoms with E-state index in [4.69, 9.17) is 10.00 Å². The molecule has 2 rings (SSSR count). The van der Waals surface area contributed by atoms with Gasteiger partial charge in [0.15, 0.2) is 0 Å². The third-order valence-electron chi connectivity index (χ3n) is 2.58. The molecule has 0 bridgehead atoms. The number of benzene rings is 2. The third-order valence-corrected chi connectivity index (χ3v) is 2.58. The Balaban J connectivity index is 2.73. The lowest BCUT2D eigenvalue weighted by molar-refractivity contribution is 0.415. The van der Waals surface area contributed by atoms with E-state index in [1.54, 1.807) is 12.1 Å². The first-order chi connectivity index (χ1) is 8.67. The lowest BCUT2D eigenvalue weighted by Gasteiger charge is -2.10. The van der Waals surface area contributed by atoms with E-state index in [0.717, 1.165) is 0 Å². The fourth-order valence-electron chi connectivity index (χ4n) is 1.75. The normalized spacial score (nSPS) is 9.89. The van der Waals surface area contributed by atoms with E-state index in [0.29, 0.717) is 16.9 Å². The minimum atomic E-state index is -0.638. The summed E-state index contributed by atoms with van der Waals surface area (Å²) >= 11 is 0. The maximum atomic E-state index is 13.5. The maximum Gasteiger partial charge on any atom is 0.141 e. The summed E-state index contributed by atoms with van der Waals surface area (Å²) in [5.74, 6) is -0.723. The summed E-state index contributed by atoms with van der Waals surface area (Å²) in [6.07, 6.45) is 0. The molecular weight excluding hydrogens is 236 g/mol. The Morgan fingerprint density at radius 1 is 1.11 bits per heavy atom. The summed E-state index contributed by atoms with van der Waals surface area (Å²) in [7, 11) is 1.43. The predicted molar refractivity (Wildman–Crippen MR) is 63.1 cm³/mol. The van der Waals surface area contributed by atoms with Gasteiger partial charge in [-0.05, 0) is 24.3 Å². The number of methoxy groups -OCH3 is 1. The Morgan fingerprint density at radius 3 is 2.56 bits per heavy atom. The minimum Gasteiger partial charge on any atom is -0.496 e. The second kappa shape index (κ2) is 4.84. The van der Waals surface area contributed by atoms with E-state index >= 15 is 0 Å². The molecular formula is C14H9F2NO. The molecule has 0 heterocycles. The number of ether oxygens (including phenoxy) is 1. The first-order valence-corrected chi connectivity index (χ1v) is 5.20. The topological polar surface area (TPSA) is 33.0 Å². The van der Waals surface area contributed by atoms with Crippen LogP contribution in [0.2, 0.25) is 0 Å². The summed E-state index contributed by atoms with van der Waals surface area (Å²) in [5, 5.41) is 8.97. The molecule has 4 heteroatoms. The zero-order valence-electron chi connectivity index (χ0n) is 9.58. The maximum absolute atomic E-state index is 13.5. The van der Waals surface area contributed by atoms with Crippen molar-refractivity contribution in [1.29, 1.82) is 5.26 Å². The monoisotopic (exact) mass is 245 g/mol. The van der Waals surface area contributed by atoms with Crippen LogP contribution in [0.1, 0.15) is 5.56 Å². The fourth-order valence-corrected chi connectivity index (χ4v) is 1.75. The zero-order valence-corrected chi connectivity index (χ0v) is 9.58. The summed E-state index contributed by atoms with van der Waals surface area (Å²) < 4.78 is 31.9. The van der Waals surface area contributed by atoms with Gasteiger partial charge in [-0.2, -0.15) is 5.26 Å². The number of rotatable bonds is 2. The molecule has 2 aromatic carbocycles. The summed E-state index contributed by atoms with van der Waals surface area (Å²) in [6.45, 7) is 0. The van der Waals surface area contributed by atoms with Gasteiger partial charge in [0.2, 0.25) is 0 Å². The van der Waals surface area contributed by atoms with Gasteiger partial charge >= 0.3 is 0 Å². The van der Waals surface area contributed by atoms with Gasteiger partial charge in [0, 0.05) is 11.1 Å². The molecule has 0 unspecified atom stereocenters. The SMILES string of the molecule is COc1ccc(F)cc1-c1cccc(F)c1C#N. The first-order valence-electron chi connectivity index (χ1n) is 5.20. The first kappa shape index (κ1) is 12.1. The Bertz CT molecular complexity index is 632. The molecule has 2 aromatic rings. The number of hydrogen-bond donors (Lipinski definition) is 0. The standard InChI is InChI=1S/C14H9F2NO/c1-18-14-6-5-9(15)7-11(14)10-3-2-4-13(16)12(10)8-17/h2-7H,1H3. The molecule has 0 aliphatic heterocycles. The van der Waals surface area contributed by atoms with Crippen molar-refractivity contribution in [3.05, 3.63) is 53.6 Å². The van der Waals surface area contributed by atoms with Crippen molar-refractivity contribution in [3.8, 4) is 22.9 Å². The van der Waals surface area contributed by atoms with E-state index in [-0.39, 0.29) is 5.56 Å². The predicted octanol–water partition coefficient (Wildman–Crippen LogP) is 3.51. The van der Waals surface area contributed by atoms with Crippen molar-refractivity contribution in [1.82, 2.24) is 0 Å². The molecule has 0 saturated carbocycles. The van der Waals surface area contributed by atoms with Crippen molar-refractivity contribution < 1.29 is 13.5 Å². The fraction of sp³-hybridized carbons (Fsp3) is 0.0714. The van der Waals surface area contributed by atoms with Gasteiger partial charge in [0.25, 0.3) is 0 Å². The number of nitriles is 1. The average molecular weight is 245 g/mol. The van der Waals surface area contributed by atoms with Crippen LogP contribution in [0.15, 0.2) is 36.4 Å². The number of nitrogens with zero attached hydrogens (tertiary/aromatic N) is 1. The molecule has 0 aliphatic rings. The Morgan fingerprint density at radius 2 is 1.89 bits per heavy atom. The Hall–Kier alpha value is -2.41. The van der Waals surface area contributed by atoms with Gasteiger partial charge in [0.05, 0.1) is 12.7 Å². The molecule has 90 valence electrons. The highest BCUT2D eigenvalue weighted by Gasteiger charge is 2.14. The third kappa shape index (κ3) is 2.03. The molecule has 2 nitrogen and oxygen atoms in total. The molecule has 18 heavy (non-hydrogen) atoms. The highest BCUT2D eigenvalue weighted by Crippen LogP contribution is 2.33. The number of halogens is 2. The van der Waals surface area contributed by atoms with Gasteiger partial charge in [0.1, 0.15) is 23.5 Å². The van der Waals surface area contributed by atoms with Crippen LogP contribution in [0, 0.1) is 23.0 Å². The van der Waals surface area contributed by atoms with Crippen molar-refractivity contribution in [2.24, 2.45) is 0 Å². The van der Waals surface area contributed by atoms with Crippen LogP contribution in [0.3, 0.4) is 0 Å². The molecule has 0 saturated heterocycles. The van der Waals surface area contributed by atoms with Crippen LogP contribution in [0.25, 0.3) is 11.1 Å². The van der Waals surface area contributed by atoms with Crippen LogP contribution < -0.4 is 4.74 Å². The Kier molecular flexibility index (Phi) is 3.24. The molecule has 0 radical (unpaired) electrons. The van der Waals surface area contributed by atoms with Crippen LogP contribution in [-0.2, 0) is 0 Å². The largest absolute Gasteiger partial charge is 0.496 e. The second-order valence-corrected chi connectivity index (χ2v) is 3.62. The highest BCUT2D eigenvalue weighted by atomic mass is 19.1. The minimum absolute atomic E-state index is 0.124. The zero-order chi connectivity index (χ0) is 13.1. The van der Waals surface area contributed by atoms with Crippen molar-refractivity contribution >= 4 is 0 Å². The van der Waals surface area contributed by atoms with E-state index < -0.39 is 11.6 Å². The molecule has 0 aliphatic carbocycles. The molecule has 0 aromatic heterocycles. The molecule has 0 amide bonds.